The number of alkyl halides is 5. The van der Waals surface area contributed by atoms with Gasteiger partial charge in [-0.25, -0.2) is 0 Å². The molecule has 106 valence electrons. The molecule has 0 aromatic heterocycles. The molecule has 0 radical (unpaired) electrons. The van der Waals surface area contributed by atoms with Crippen molar-refractivity contribution < 1.29 is 31.5 Å². The molecule has 0 unspecified atom stereocenters. The molecule has 19 heavy (non-hydrogen) atoms. The van der Waals surface area contributed by atoms with Crippen molar-refractivity contribution in [3.63, 3.8) is 0 Å². The summed E-state index contributed by atoms with van der Waals surface area (Å²) < 4.78 is 67.6. The lowest BCUT2D eigenvalue weighted by molar-refractivity contribution is -0.255. The highest BCUT2D eigenvalue weighted by atomic mass is 79.9. The van der Waals surface area contributed by atoms with Gasteiger partial charge in [0, 0.05) is 4.47 Å². The van der Waals surface area contributed by atoms with E-state index in [1.165, 1.54) is 13.0 Å². The van der Waals surface area contributed by atoms with Gasteiger partial charge in [0.05, 0.1) is 12.2 Å². The van der Waals surface area contributed by atoms with E-state index in [0.717, 1.165) is 12.1 Å². The van der Waals surface area contributed by atoms with E-state index in [1.54, 1.807) is 0 Å². The van der Waals surface area contributed by atoms with Crippen molar-refractivity contribution in [2.75, 3.05) is 6.61 Å². The molecule has 0 spiro atoms. The molecule has 1 aromatic carbocycles. The van der Waals surface area contributed by atoms with Gasteiger partial charge in [-0.2, -0.15) is 22.0 Å². The topological polar surface area (TPSA) is 26.3 Å². The van der Waals surface area contributed by atoms with Gasteiger partial charge in [-0.05, 0) is 25.1 Å². The molecule has 0 amide bonds. The molecule has 0 aliphatic heterocycles. The van der Waals surface area contributed by atoms with E-state index in [1.807, 2.05) is 0 Å². The molecular formula is C11H8BrF5O2. The lowest BCUT2D eigenvalue weighted by Gasteiger charge is -2.19. The second kappa shape index (κ2) is 5.44. The van der Waals surface area contributed by atoms with Crippen LogP contribution >= 0.6 is 15.9 Å². The highest BCUT2D eigenvalue weighted by Crippen LogP contribution is 2.40. The van der Waals surface area contributed by atoms with Crippen LogP contribution in [0, 0.1) is 0 Å². The number of rotatable bonds is 4. The van der Waals surface area contributed by atoms with Gasteiger partial charge >= 0.3 is 12.1 Å². The minimum Gasteiger partial charge on any atom is -0.493 e. The van der Waals surface area contributed by atoms with Crippen LogP contribution in [0.15, 0.2) is 22.7 Å². The van der Waals surface area contributed by atoms with Crippen molar-refractivity contribution in [1.82, 2.24) is 0 Å². The summed E-state index contributed by atoms with van der Waals surface area (Å²) in [4.78, 5) is 11.4. The number of ketones is 1. The van der Waals surface area contributed by atoms with E-state index in [4.69, 9.17) is 4.74 Å². The molecule has 0 aliphatic rings. The molecule has 0 saturated heterocycles. The van der Waals surface area contributed by atoms with Crippen LogP contribution in [0.4, 0.5) is 22.0 Å². The molecule has 0 bridgehead atoms. The zero-order chi connectivity index (χ0) is 14.8. The summed E-state index contributed by atoms with van der Waals surface area (Å²) in [6.07, 6.45) is -5.95. The van der Waals surface area contributed by atoms with Crippen LogP contribution in [-0.2, 0) is 0 Å². The lowest BCUT2D eigenvalue weighted by Crippen LogP contribution is -2.44. The van der Waals surface area contributed by atoms with Crippen molar-refractivity contribution in [2.24, 2.45) is 0 Å². The largest absolute Gasteiger partial charge is 0.493 e. The maximum atomic E-state index is 13.0. The zero-order valence-corrected chi connectivity index (χ0v) is 11.1. The van der Waals surface area contributed by atoms with Gasteiger partial charge in [-0.15, -0.1) is 0 Å². The summed E-state index contributed by atoms with van der Waals surface area (Å²) in [6.45, 7) is 1.54. The average Bonchev–Trinajstić information content (AvgIpc) is 2.29. The molecule has 1 rings (SSSR count). The van der Waals surface area contributed by atoms with Gasteiger partial charge in [-0.1, -0.05) is 15.9 Å². The minimum atomic E-state index is -5.95. The lowest BCUT2D eigenvalue weighted by atomic mass is 10.0. The maximum absolute atomic E-state index is 13.0. The summed E-state index contributed by atoms with van der Waals surface area (Å²) in [5, 5.41) is 0. The Morgan fingerprint density at radius 1 is 1.26 bits per heavy atom. The number of hydrogen-bond donors (Lipinski definition) is 0. The van der Waals surface area contributed by atoms with Crippen LogP contribution < -0.4 is 4.74 Å². The van der Waals surface area contributed by atoms with E-state index in [2.05, 4.69) is 15.9 Å². The third-order valence-electron chi connectivity index (χ3n) is 2.13. The molecule has 0 aliphatic carbocycles. The van der Waals surface area contributed by atoms with Gasteiger partial charge < -0.3 is 4.74 Å². The van der Waals surface area contributed by atoms with Crippen LogP contribution in [0.5, 0.6) is 5.75 Å². The number of hydrogen-bond acceptors (Lipinski definition) is 2. The number of halogens is 6. The molecule has 8 heteroatoms. The number of ether oxygens (including phenoxy) is 1. The van der Waals surface area contributed by atoms with Crippen LogP contribution in [0.1, 0.15) is 17.3 Å². The van der Waals surface area contributed by atoms with Crippen LogP contribution in [0.25, 0.3) is 0 Å². The fourth-order valence-electron chi connectivity index (χ4n) is 1.26. The van der Waals surface area contributed by atoms with Crippen LogP contribution in [0.3, 0.4) is 0 Å². The molecule has 1 aromatic rings. The summed E-state index contributed by atoms with van der Waals surface area (Å²) in [5.74, 6) is -8.12. The zero-order valence-electron chi connectivity index (χ0n) is 9.52. The van der Waals surface area contributed by atoms with Crippen molar-refractivity contribution in [1.29, 1.82) is 0 Å². The Morgan fingerprint density at radius 2 is 1.84 bits per heavy atom. The van der Waals surface area contributed by atoms with Gasteiger partial charge in [0.2, 0.25) is 5.78 Å². The van der Waals surface area contributed by atoms with Crippen molar-refractivity contribution >= 4 is 21.7 Å². The molecule has 0 heterocycles. The van der Waals surface area contributed by atoms with E-state index >= 15 is 0 Å². The third kappa shape index (κ3) is 3.23. The SMILES string of the molecule is CCOc1ccc(Br)cc1C(=O)C(F)(F)C(F)(F)F. The van der Waals surface area contributed by atoms with Gasteiger partial charge in [0.25, 0.3) is 0 Å². The highest BCUT2D eigenvalue weighted by molar-refractivity contribution is 9.10. The van der Waals surface area contributed by atoms with E-state index < -0.39 is 23.4 Å². The fourth-order valence-corrected chi connectivity index (χ4v) is 1.62. The Morgan fingerprint density at radius 3 is 2.32 bits per heavy atom. The molecule has 0 saturated carbocycles. The van der Waals surface area contributed by atoms with Crippen LogP contribution in [-0.4, -0.2) is 24.5 Å². The predicted molar refractivity (Wildman–Crippen MR) is 60.6 cm³/mol. The summed E-state index contributed by atoms with van der Waals surface area (Å²) in [6, 6.07) is 3.38. The monoisotopic (exact) mass is 346 g/mol. The number of benzene rings is 1. The number of carbonyl (C=O) groups is 1. The highest BCUT2D eigenvalue weighted by Gasteiger charge is 2.63. The van der Waals surface area contributed by atoms with Gasteiger partial charge in [0.1, 0.15) is 5.75 Å². The molecule has 0 N–H and O–H groups in total. The molecular weight excluding hydrogens is 339 g/mol. The second-order valence-corrected chi connectivity index (χ2v) is 4.39. The Kier molecular flexibility index (Phi) is 4.54. The standard InChI is InChI=1S/C11H8BrF5O2/c1-2-19-8-4-3-6(12)5-7(8)9(18)10(13,14)11(15,16)17/h3-5H,2H2,1H3. The molecule has 0 atom stereocenters. The first-order valence-corrected chi connectivity index (χ1v) is 5.82. The van der Waals surface area contributed by atoms with Gasteiger partial charge in [0.15, 0.2) is 0 Å². The summed E-state index contributed by atoms with van der Waals surface area (Å²) in [7, 11) is 0. The van der Waals surface area contributed by atoms with Crippen molar-refractivity contribution in [2.45, 2.75) is 19.0 Å². The Balaban J connectivity index is 3.29. The van der Waals surface area contributed by atoms with E-state index in [-0.39, 0.29) is 16.8 Å². The fraction of sp³-hybridized carbons (Fsp3) is 0.364. The summed E-state index contributed by atoms with van der Waals surface area (Å²) in [5.41, 5.74) is -0.821. The number of Topliss-reactive ketones (excluding diaryl/α,β-unsaturated/α-hetero) is 1. The summed E-state index contributed by atoms with van der Waals surface area (Å²) >= 11 is 2.90. The first kappa shape index (κ1) is 15.9. The van der Waals surface area contributed by atoms with Crippen molar-refractivity contribution in [3.8, 4) is 5.75 Å². The Bertz CT molecular complexity index is 484. The Labute approximate surface area is 113 Å². The van der Waals surface area contributed by atoms with Crippen LogP contribution in [0.2, 0.25) is 0 Å². The second-order valence-electron chi connectivity index (χ2n) is 3.47. The third-order valence-corrected chi connectivity index (χ3v) is 2.62. The molecule has 0 fully saturated rings. The predicted octanol–water partition coefficient (Wildman–Crippen LogP) is 4.23. The van der Waals surface area contributed by atoms with E-state index in [0.29, 0.717) is 0 Å². The maximum Gasteiger partial charge on any atom is 0.461 e. The smallest absolute Gasteiger partial charge is 0.461 e. The normalized spacial score (nSPS) is 12.4. The van der Waals surface area contributed by atoms with E-state index in [9.17, 15) is 26.7 Å². The first-order valence-electron chi connectivity index (χ1n) is 5.03. The Hall–Kier alpha value is -1.18. The minimum absolute atomic E-state index is 0.0273. The number of carbonyl (C=O) groups excluding carboxylic acids is 1. The quantitative estimate of drug-likeness (QED) is 0.602. The van der Waals surface area contributed by atoms with Crippen molar-refractivity contribution in [3.05, 3.63) is 28.2 Å². The van der Waals surface area contributed by atoms with Gasteiger partial charge in [-0.3, -0.25) is 4.79 Å². The molecule has 2 nitrogen and oxygen atoms in total. The first-order chi connectivity index (χ1) is 8.61. The average molecular weight is 347 g/mol.